The number of aromatic nitrogens is 4. The van der Waals surface area contributed by atoms with E-state index in [1.807, 2.05) is 6.92 Å². The second-order valence-electron chi connectivity index (χ2n) is 4.01. The maximum atomic E-state index is 11.0. The van der Waals surface area contributed by atoms with Gasteiger partial charge in [-0.3, -0.25) is 15.2 Å². The third kappa shape index (κ3) is 3.28. The zero-order chi connectivity index (χ0) is 13.8. The number of hydrogen-bond donors (Lipinski definition) is 1. The third-order valence-corrected chi connectivity index (χ3v) is 3.22. The van der Waals surface area contributed by atoms with Crippen LogP contribution >= 0.6 is 11.8 Å². The molecule has 2 rings (SSSR count). The van der Waals surface area contributed by atoms with Gasteiger partial charge in [0.05, 0.1) is 4.92 Å². The summed E-state index contributed by atoms with van der Waals surface area (Å²) in [4.78, 5) is 18.9. The fraction of sp³-hybridized carbons (Fsp3) is 0.364. The summed E-state index contributed by atoms with van der Waals surface area (Å²) < 4.78 is 0. The van der Waals surface area contributed by atoms with E-state index in [9.17, 15) is 10.1 Å². The molecule has 0 aliphatic rings. The van der Waals surface area contributed by atoms with Gasteiger partial charge in [0.2, 0.25) is 5.16 Å². The number of nitrogens with zero attached hydrogens (tertiary/aromatic N) is 4. The van der Waals surface area contributed by atoms with Crippen molar-refractivity contribution in [1.29, 1.82) is 0 Å². The molecule has 1 N–H and O–H groups in total. The fourth-order valence-electron chi connectivity index (χ4n) is 1.51. The highest BCUT2D eigenvalue weighted by molar-refractivity contribution is 7.99. The van der Waals surface area contributed by atoms with Crippen molar-refractivity contribution in [3.05, 3.63) is 33.8 Å². The molecular formula is C11H13N5O2S. The Kier molecular flexibility index (Phi) is 4.10. The van der Waals surface area contributed by atoms with Crippen molar-refractivity contribution < 1.29 is 4.92 Å². The molecule has 0 aliphatic heterocycles. The van der Waals surface area contributed by atoms with E-state index in [0.717, 1.165) is 36.0 Å². The monoisotopic (exact) mass is 279 g/mol. The predicted octanol–water partition coefficient (Wildman–Crippen LogP) is 2.52. The average Bonchev–Trinajstić information content (AvgIpc) is 2.79. The van der Waals surface area contributed by atoms with Gasteiger partial charge < -0.3 is 0 Å². The summed E-state index contributed by atoms with van der Waals surface area (Å²) in [5.41, 5.74) is 0.726. The van der Waals surface area contributed by atoms with Gasteiger partial charge in [-0.05, 0) is 30.7 Å². The van der Waals surface area contributed by atoms with Crippen LogP contribution in [0.4, 0.5) is 5.69 Å². The van der Waals surface area contributed by atoms with Crippen molar-refractivity contribution in [2.24, 2.45) is 0 Å². The number of pyridine rings is 1. The van der Waals surface area contributed by atoms with Crippen molar-refractivity contribution in [1.82, 2.24) is 20.2 Å². The lowest BCUT2D eigenvalue weighted by atomic mass is 10.3. The minimum atomic E-state index is -0.443. The SMILES string of the molecule is CCCc1nc(Sc2ncc(C)cc2[N+](=O)[O-])n[nH]1. The van der Waals surface area contributed by atoms with Crippen LogP contribution in [0.25, 0.3) is 0 Å². The van der Waals surface area contributed by atoms with Crippen molar-refractivity contribution in [2.75, 3.05) is 0 Å². The molecule has 8 heteroatoms. The quantitative estimate of drug-likeness (QED) is 0.667. The normalized spacial score (nSPS) is 10.6. The lowest BCUT2D eigenvalue weighted by Crippen LogP contribution is -1.94. The van der Waals surface area contributed by atoms with Crippen LogP contribution < -0.4 is 0 Å². The number of rotatable bonds is 5. The minimum Gasteiger partial charge on any atom is -0.262 e. The second-order valence-corrected chi connectivity index (χ2v) is 4.97. The summed E-state index contributed by atoms with van der Waals surface area (Å²) in [7, 11) is 0. The molecule has 0 atom stereocenters. The van der Waals surface area contributed by atoms with Crippen LogP contribution in [0.5, 0.6) is 0 Å². The highest BCUT2D eigenvalue weighted by Gasteiger charge is 2.18. The van der Waals surface area contributed by atoms with Gasteiger partial charge in [-0.25, -0.2) is 9.97 Å². The highest BCUT2D eigenvalue weighted by atomic mass is 32.2. The standard InChI is InChI=1S/C11H13N5O2S/c1-3-4-9-13-11(15-14-9)19-10-8(16(17)18)5-7(2)6-12-10/h5-6H,3-4H2,1-2H3,(H,13,14,15). The Morgan fingerprint density at radius 3 is 3.00 bits per heavy atom. The first kappa shape index (κ1) is 13.5. The van der Waals surface area contributed by atoms with Gasteiger partial charge in [0.1, 0.15) is 5.82 Å². The van der Waals surface area contributed by atoms with E-state index in [0.29, 0.717) is 10.2 Å². The van der Waals surface area contributed by atoms with Crippen molar-refractivity contribution >= 4 is 17.4 Å². The fourth-order valence-corrected chi connectivity index (χ4v) is 2.27. The summed E-state index contributed by atoms with van der Waals surface area (Å²) in [5.74, 6) is 0.778. The van der Waals surface area contributed by atoms with Crippen LogP contribution in [0.15, 0.2) is 22.4 Å². The van der Waals surface area contributed by atoms with Gasteiger partial charge in [-0.15, -0.1) is 5.10 Å². The van der Waals surface area contributed by atoms with Gasteiger partial charge in [0.25, 0.3) is 0 Å². The maximum Gasteiger partial charge on any atom is 0.302 e. The first-order valence-corrected chi connectivity index (χ1v) is 6.62. The van der Waals surface area contributed by atoms with E-state index in [-0.39, 0.29) is 5.69 Å². The molecule has 7 nitrogen and oxygen atoms in total. The molecule has 0 amide bonds. The molecular weight excluding hydrogens is 266 g/mol. The van der Waals surface area contributed by atoms with E-state index in [1.54, 1.807) is 13.1 Å². The van der Waals surface area contributed by atoms with Crippen LogP contribution in [0.2, 0.25) is 0 Å². The largest absolute Gasteiger partial charge is 0.302 e. The number of nitro groups is 1. The van der Waals surface area contributed by atoms with Crippen LogP contribution in [0, 0.1) is 17.0 Å². The van der Waals surface area contributed by atoms with Crippen LogP contribution in [0.1, 0.15) is 24.7 Å². The second kappa shape index (κ2) is 5.79. The molecule has 0 bridgehead atoms. The summed E-state index contributed by atoms with van der Waals surface area (Å²) >= 11 is 1.09. The van der Waals surface area contributed by atoms with Crippen molar-refractivity contribution in [3.63, 3.8) is 0 Å². The molecule has 0 unspecified atom stereocenters. The van der Waals surface area contributed by atoms with Gasteiger partial charge >= 0.3 is 5.69 Å². The molecule has 0 aromatic carbocycles. The molecule has 0 saturated carbocycles. The minimum absolute atomic E-state index is 0.0214. The van der Waals surface area contributed by atoms with E-state index in [1.165, 1.54) is 6.07 Å². The molecule has 0 fully saturated rings. The van der Waals surface area contributed by atoms with Gasteiger partial charge in [-0.1, -0.05) is 6.92 Å². The van der Waals surface area contributed by atoms with E-state index in [2.05, 4.69) is 20.2 Å². The number of H-pyrrole nitrogens is 1. The Labute approximate surface area is 114 Å². The van der Waals surface area contributed by atoms with Crippen molar-refractivity contribution in [3.8, 4) is 0 Å². The predicted molar refractivity (Wildman–Crippen MR) is 70.1 cm³/mol. The lowest BCUT2D eigenvalue weighted by Gasteiger charge is -1.99. The molecule has 19 heavy (non-hydrogen) atoms. The summed E-state index contributed by atoms with van der Waals surface area (Å²) in [6.07, 6.45) is 3.36. The summed E-state index contributed by atoms with van der Waals surface area (Å²) in [6, 6.07) is 1.49. The lowest BCUT2D eigenvalue weighted by molar-refractivity contribution is -0.388. The molecule has 2 aromatic rings. The molecule has 0 spiro atoms. The maximum absolute atomic E-state index is 11.0. The Balaban J connectivity index is 2.24. The molecule has 0 saturated heterocycles. The Morgan fingerprint density at radius 1 is 1.53 bits per heavy atom. The molecule has 0 radical (unpaired) electrons. The van der Waals surface area contributed by atoms with Crippen LogP contribution in [0.3, 0.4) is 0 Å². The zero-order valence-electron chi connectivity index (χ0n) is 10.6. The Hall–Kier alpha value is -1.96. The molecule has 100 valence electrons. The molecule has 2 heterocycles. The third-order valence-electron chi connectivity index (χ3n) is 2.35. The van der Waals surface area contributed by atoms with Crippen LogP contribution in [-0.4, -0.2) is 25.1 Å². The van der Waals surface area contributed by atoms with Gasteiger partial charge in [0, 0.05) is 18.7 Å². The number of aryl methyl sites for hydroxylation is 2. The van der Waals surface area contributed by atoms with Gasteiger partial charge in [-0.2, -0.15) is 0 Å². The zero-order valence-corrected chi connectivity index (χ0v) is 11.4. The summed E-state index contributed by atoms with van der Waals surface area (Å²) in [6.45, 7) is 3.81. The smallest absolute Gasteiger partial charge is 0.262 e. The summed E-state index contributed by atoms with van der Waals surface area (Å²) in [5, 5.41) is 18.6. The average molecular weight is 279 g/mol. The van der Waals surface area contributed by atoms with Gasteiger partial charge in [0.15, 0.2) is 5.03 Å². The Bertz CT molecular complexity index is 599. The number of aromatic amines is 1. The van der Waals surface area contributed by atoms with E-state index in [4.69, 9.17) is 0 Å². The van der Waals surface area contributed by atoms with Crippen LogP contribution in [-0.2, 0) is 6.42 Å². The number of nitrogens with one attached hydrogen (secondary N) is 1. The topological polar surface area (TPSA) is 97.6 Å². The first-order chi connectivity index (χ1) is 9.10. The molecule has 0 aliphatic carbocycles. The highest BCUT2D eigenvalue weighted by Crippen LogP contribution is 2.31. The number of hydrogen-bond acceptors (Lipinski definition) is 6. The Morgan fingerprint density at radius 2 is 2.32 bits per heavy atom. The van der Waals surface area contributed by atoms with Crippen molar-refractivity contribution in [2.45, 2.75) is 36.9 Å². The van der Waals surface area contributed by atoms with E-state index >= 15 is 0 Å². The first-order valence-electron chi connectivity index (χ1n) is 5.80. The molecule has 2 aromatic heterocycles. The van der Waals surface area contributed by atoms with E-state index < -0.39 is 4.92 Å².